The summed E-state index contributed by atoms with van der Waals surface area (Å²) >= 11 is 0. The van der Waals surface area contributed by atoms with E-state index in [1.54, 1.807) is 13.0 Å². The minimum atomic E-state index is -4.72. The van der Waals surface area contributed by atoms with Gasteiger partial charge in [-0.2, -0.15) is 0 Å². The Morgan fingerprint density at radius 2 is 2.00 bits per heavy atom. The van der Waals surface area contributed by atoms with Gasteiger partial charge in [-0.3, -0.25) is 0 Å². The number of alkyl halides is 3. The van der Waals surface area contributed by atoms with Gasteiger partial charge in [0.15, 0.2) is 0 Å². The van der Waals surface area contributed by atoms with Crippen LogP contribution in [0.15, 0.2) is 6.07 Å². The highest BCUT2D eigenvalue weighted by Gasteiger charge is 2.32. The quantitative estimate of drug-likeness (QED) is 0.829. The van der Waals surface area contributed by atoms with Crippen molar-refractivity contribution in [3.05, 3.63) is 22.9 Å². The molecule has 2 N–H and O–H groups in total. The predicted octanol–water partition coefficient (Wildman–Crippen LogP) is 2.06. The van der Waals surface area contributed by atoms with Crippen molar-refractivity contribution in [1.82, 2.24) is 4.98 Å². The van der Waals surface area contributed by atoms with E-state index in [1.807, 2.05) is 0 Å². The van der Waals surface area contributed by atoms with E-state index in [-0.39, 0.29) is 6.54 Å². The zero-order valence-corrected chi connectivity index (χ0v) is 8.35. The summed E-state index contributed by atoms with van der Waals surface area (Å²) < 4.78 is 39.8. The number of rotatable bonds is 2. The van der Waals surface area contributed by atoms with Crippen LogP contribution in [-0.4, -0.2) is 11.3 Å². The number of hydrogen-bond acceptors (Lipinski definition) is 3. The van der Waals surface area contributed by atoms with E-state index in [9.17, 15) is 13.2 Å². The van der Waals surface area contributed by atoms with Crippen molar-refractivity contribution in [2.45, 2.75) is 26.8 Å². The van der Waals surface area contributed by atoms with Crippen molar-refractivity contribution < 1.29 is 17.9 Å². The van der Waals surface area contributed by atoms with Gasteiger partial charge < -0.3 is 10.5 Å². The van der Waals surface area contributed by atoms with Crippen molar-refractivity contribution in [2.24, 2.45) is 5.73 Å². The second-order valence-corrected chi connectivity index (χ2v) is 3.10. The minimum absolute atomic E-state index is 0.156. The molecule has 0 aromatic carbocycles. The summed E-state index contributed by atoms with van der Waals surface area (Å²) in [5.74, 6) is -0.428. The Labute approximate surface area is 85.1 Å². The maximum atomic E-state index is 12.0. The third-order valence-electron chi connectivity index (χ3n) is 1.90. The maximum Gasteiger partial charge on any atom is 0.574 e. The number of pyridine rings is 1. The molecular formula is C9H11F3N2O. The van der Waals surface area contributed by atoms with E-state index >= 15 is 0 Å². The molecule has 6 heteroatoms. The zero-order valence-electron chi connectivity index (χ0n) is 8.35. The van der Waals surface area contributed by atoms with Crippen molar-refractivity contribution in [2.75, 3.05) is 0 Å². The first-order valence-electron chi connectivity index (χ1n) is 4.26. The molecule has 3 nitrogen and oxygen atoms in total. The highest BCUT2D eigenvalue weighted by atomic mass is 19.4. The first-order valence-corrected chi connectivity index (χ1v) is 4.26. The standard InChI is InChI=1S/C9H11F3N2O/c1-5-3-7(4-13)6(2)8(14-5)15-9(10,11)12/h3H,4,13H2,1-2H3. The number of halogens is 3. The normalized spacial score (nSPS) is 11.6. The highest BCUT2D eigenvalue weighted by Crippen LogP contribution is 2.26. The second-order valence-electron chi connectivity index (χ2n) is 3.10. The Bertz CT molecular complexity index is 363. The first kappa shape index (κ1) is 11.8. The molecule has 15 heavy (non-hydrogen) atoms. The SMILES string of the molecule is Cc1cc(CN)c(C)c(OC(F)(F)F)n1. The van der Waals surface area contributed by atoms with Crippen LogP contribution in [0.1, 0.15) is 16.8 Å². The van der Waals surface area contributed by atoms with Gasteiger partial charge in [0.1, 0.15) is 0 Å². The molecule has 1 heterocycles. The molecule has 0 aliphatic carbocycles. The van der Waals surface area contributed by atoms with Crippen LogP contribution in [0.3, 0.4) is 0 Å². The summed E-state index contributed by atoms with van der Waals surface area (Å²) in [7, 11) is 0. The van der Waals surface area contributed by atoms with Crippen LogP contribution in [0.5, 0.6) is 5.88 Å². The van der Waals surface area contributed by atoms with Gasteiger partial charge >= 0.3 is 6.36 Å². The molecule has 1 aromatic rings. The summed E-state index contributed by atoms with van der Waals surface area (Å²) in [5.41, 5.74) is 6.75. The van der Waals surface area contributed by atoms with Gasteiger partial charge in [-0.25, -0.2) is 4.98 Å². The molecule has 0 radical (unpaired) electrons. The summed E-state index contributed by atoms with van der Waals surface area (Å²) in [6.45, 7) is 3.24. The van der Waals surface area contributed by atoms with Gasteiger partial charge in [-0.15, -0.1) is 13.2 Å². The largest absolute Gasteiger partial charge is 0.574 e. The van der Waals surface area contributed by atoms with E-state index in [4.69, 9.17) is 5.73 Å². The van der Waals surface area contributed by atoms with Crippen LogP contribution in [0, 0.1) is 13.8 Å². The molecule has 0 aliphatic heterocycles. The molecule has 0 unspecified atom stereocenters. The number of aryl methyl sites for hydroxylation is 1. The lowest BCUT2D eigenvalue weighted by atomic mass is 10.1. The van der Waals surface area contributed by atoms with Crippen molar-refractivity contribution >= 4 is 0 Å². The average molecular weight is 220 g/mol. The van der Waals surface area contributed by atoms with Gasteiger partial charge in [-0.1, -0.05) is 0 Å². The van der Waals surface area contributed by atoms with Gasteiger partial charge in [0.05, 0.1) is 0 Å². The number of ether oxygens (including phenoxy) is 1. The van der Waals surface area contributed by atoms with Gasteiger partial charge in [0, 0.05) is 17.8 Å². The van der Waals surface area contributed by atoms with Crippen LogP contribution in [0.25, 0.3) is 0 Å². The monoisotopic (exact) mass is 220 g/mol. The third kappa shape index (κ3) is 3.09. The predicted molar refractivity (Wildman–Crippen MR) is 48.3 cm³/mol. The average Bonchev–Trinajstić information content (AvgIpc) is 2.08. The number of hydrogen-bond donors (Lipinski definition) is 1. The lowest BCUT2D eigenvalue weighted by molar-refractivity contribution is -0.276. The second kappa shape index (κ2) is 4.06. The van der Waals surface area contributed by atoms with Crippen LogP contribution in [0.2, 0.25) is 0 Å². The third-order valence-corrected chi connectivity index (χ3v) is 1.90. The maximum absolute atomic E-state index is 12.0. The molecule has 0 amide bonds. The van der Waals surface area contributed by atoms with Crippen molar-refractivity contribution in [1.29, 1.82) is 0 Å². The molecule has 84 valence electrons. The zero-order chi connectivity index (χ0) is 11.6. The van der Waals surface area contributed by atoms with E-state index in [0.29, 0.717) is 16.8 Å². The molecule has 0 saturated heterocycles. The summed E-state index contributed by atoms with van der Waals surface area (Å²) in [6.07, 6.45) is -4.72. The van der Waals surface area contributed by atoms with E-state index in [1.165, 1.54) is 6.92 Å². The summed E-state index contributed by atoms with van der Waals surface area (Å²) in [6, 6.07) is 1.64. The number of nitrogens with zero attached hydrogens (tertiary/aromatic N) is 1. The van der Waals surface area contributed by atoms with Crippen LogP contribution >= 0.6 is 0 Å². The van der Waals surface area contributed by atoms with Gasteiger partial charge in [0.25, 0.3) is 0 Å². The Kier molecular flexibility index (Phi) is 3.18. The van der Waals surface area contributed by atoms with Crippen LogP contribution in [0.4, 0.5) is 13.2 Å². The van der Waals surface area contributed by atoms with Crippen molar-refractivity contribution in [3.8, 4) is 5.88 Å². The van der Waals surface area contributed by atoms with Gasteiger partial charge in [-0.05, 0) is 25.5 Å². The Morgan fingerprint density at radius 1 is 1.40 bits per heavy atom. The topological polar surface area (TPSA) is 48.1 Å². The fourth-order valence-electron chi connectivity index (χ4n) is 1.20. The van der Waals surface area contributed by atoms with E-state index in [2.05, 4.69) is 9.72 Å². The molecule has 0 atom stereocenters. The number of aromatic nitrogens is 1. The molecule has 0 saturated carbocycles. The van der Waals surface area contributed by atoms with Crippen LogP contribution < -0.4 is 10.5 Å². The summed E-state index contributed by atoms with van der Waals surface area (Å²) in [5, 5.41) is 0. The fourth-order valence-corrected chi connectivity index (χ4v) is 1.20. The van der Waals surface area contributed by atoms with Crippen LogP contribution in [-0.2, 0) is 6.54 Å². The lowest BCUT2D eigenvalue weighted by Gasteiger charge is -2.13. The highest BCUT2D eigenvalue weighted by molar-refractivity contribution is 5.35. The molecule has 1 aromatic heterocycles. The summed E-state index contributed by atoms with van der Waals surface area (Å²) in [4.78, 5) is 3.67. The Balaban J connectivity index is 3.12. The molecular weight excluding hydrogens is 209 g/mol. The molecule has 0 bridgehead atoms. The van der Waals surface area contributed by atoms with E-state index in [0.717, 1.165) is 0 Å². The first-order chi connectivity index (χ1) is 6.83. The fraction of sp³-hybridized carbons (Fsp3) is 0.444. The van der Waals surface area contributed by atoms with Gasteiger partial charge in [0.2, 0.25) is 5.88 Å². The number of nitrogens with two attached hydrogens (primary N) is 1. The molecule has 1 rings (SSSR count). The molecule has 0 fully saturated rings. The van der Waals surface area contributed by atoms with Crippen molar-refractivity contribution in [3.63, 3.8) is 0 Å². The smallest absolute Gasteiger partial charge is 0.388 e. The lowest BCUT2D eigenvalue weighted by Crippen LogP contribution is -2.19. The Hall–Kier alpha value is -1.30. The molecule has 0 aliphatic rings. The molecule has 0 spiro atoms. The Morgan fingerprint density at radius 3 is 2.47 bits per heavy atom. The minimum Gasteiger partial charge on any atom is -0.388 e. The van der Waals surface area contributed by atoms with E-state index < -0.39 is 12.2 Å².